The average Bonchev–Trinajstić information content (AvgIpc) is 3.26. The van der Waals surface area contributed by atoms with Crippen LogP contribution in [0.15, 0.2) is 58.8 Å². The van der Waals surface area contributed by atoms with Crippen LogP contribution < -0.4 is 5.32 Å². The van der Waals surface area contributed by atoms with Crippen molar-refractivity contribution < 1.29 is 9.21 Å². The Bertz CT molecular complexity index is 916. The maximum absolute atomic E-state index is 12.3. The molecular formula is C19H20N4O2S. The summed E-state index contributed by atoms with van der Waals surface area (Å²) in [6.07, 6.45) is 3.35. The van der Waals surface area contributed by atoms with Gasteiger partial charge in [-0.25, -0.2) is 0 Å². The van der Waals surface area contributed by atoms with Gasteiger partial charge in [0.25, 0.3) is 0 Å². The molecule has 1 N–H and O–H groups in total. The van der Waals surface area contributed by atoms with E-state index in [-0.39, 0.29) is 11.7 Å². The third kappa shape index (κ3) is 4.05. The Morgan fingerprint density at radius 3 is 2.92 bits per heavy atom. The summed E-state index contributed by atoms with van der Waals surface area (Å²) in [5.74, 6) is 1.40. The molecule has 134 valence electrons. The lowest BCUT2D eigenvalue weighted by atomic mass is 10.1. The van der Waals surface area contributed by atoms with E-state index in [0.717, 1.165) is 16.8 Å². The molecule has 3 rings (SSSR count). The van der Waals surface area contributed by atoms with Gasteiger partial charge in [-0.2, -0.15) is 0 Å². The summed E-state index contributed by atoms with van der Waals surface area (Å²) in [6.45, 7) is 8.27. The van der Waals surface area contributed by atoms with Crippen LogP contribution in [0.25, 0.3) is 11.6 Å². The van der Waals surface area contributed by atoms with Crippen LogP contribution in [0, 0.1) is 13.8 Å². The molecule has 0 radical (unpaired) electrons. The van der Waals surface area contributed by atoms with Gasteiger partial charge in [0.05, 0.1) is 12.0 Å². The lowest BCUT2D eigenvalue weighted by Crippen LogP contribution is -2.15. The number of benzene rings is 1. The lowest BCUT2D eigenvalue weighted by molar-refractivity contribution is -0.113. The SMILES string of the molecule is C=CCn1c(SCC(=O)Nc2cc(C)ccc2C)nnc1-c1ccco1. The second kappa shape index (κ2) is 8.05. The zero-order chi connectivity index (χ0) is 18.5. The van der Waals surface area contributed by atoms with Crippen molar-refractivity contribution in [2.45, 2.75) is 25.5 Å². The number of amides is 1. The van der Waals surface area contributed by atoms with E-state index >= 15 is 0 Å². The van der Waals surface area contributed by atoms with Crippen molar-refractivity contribution in [2.75, 3.05) is 11.1 Å². The number of anilines is 1. The molecule has 0 fully saturated rings. The number of allylic oxidation sites excluding steroid dienone is 1. The molecule has 2 heterocycles. The fourth-order valence-corrected chi connectivity index (χ4v) is 3.21. The number of nitrogens with one attached hydrogen (secondary N) is 1. The van der Waals surface area contributed by atoms with E-state index < -0.39 is 0 Å². The highest BCUT2D eigenvalue weighted by Crippen LogP contribution is 2.25. The summed E-state index contributed by atoms with van der Waals surface area (Å²) in [5.41, 5.74) is 2.97. The quantitative estimate of drug-likeness (QED) is 0.503. The van der Waals surface area contributed by atoms with E-state index in [1.807, 2.05) is 42.7 Å². The molecule has 0 spiro atoms. The first kappa shape index (κ1) is 18.0. The Labute approximate surface area is 156 Å². The predicted octanol–water partition coefficient (Wildman–Crippen LogP) is 4.07. The molecule has 0 saturated carbocycles. The third-order valence-electron chi connectivity index (χ3n) is 3.77. The van der Waals surface area contributed by atoms with Gasteiger partial charge in [0, 0.05) is 12.2 Å². The number of carbonyl (C=O) groups is 1. The first-order valence-corrected chi connectivity index (χ1v) is 9.15. The van der Waals surface area contributed by atoms with E-state index in [0.29, 0.717) is 23.3 Å². The summed E-state index contributed by atoms with van der Waals surface area (Å²) in [4.78, 5) is 12.3. The first-order valence-electron chi connectivity index (χ1n) is 8.16. The maximum atomic E-state index is 12.3. The standard InChI is InChI=1S/C19H20N4O2S/c1-4-9-23-18(16-6-5-10-25-16)21-22-19(23)26-12-17(24)20-15-11-13(2)7-8-14(15)3/h4-8,10-11H,1,9,12H2,2-3H3,(H,20,24). The van der Waals surface area contributed by atoms with Crippen LogP contribution in [-0.2, 0) is 11.3 Å². The van der Waals surface area contributed by atoms with Gasteiger partial charge in [-0.1, -0.05) is 30.0 Å². The molecular weight excluding hydrogens is 348 g/mol. The average molecular weight is 368 g/mol. The molecule has 1 amide bonds. The maximum Gasteiger partial charge on any atom is 0.234 e. The van der Waals surface area contributed by atoms with Crippen LogP contribution in [0.3, 0.4) is 0 Å². The van der Waals surface area contributed by atoms with Crippen LogP contribution in [-0.4, -0.2) is 26.4 Å². The van der Waals surface area contributed by atoms with Crippen molar-refractivity contribution in [3.63, 3.8) is 0 Å². The molecule has 0 aliphatic heterocycles. The Morgan fingerprint density at radius 2 is 2.19 bits per heavy atom. The second-order valence-corrected chi connectivity index (χ2v) is 6.78. The Morgan fingerprint density at radius 1 is 1.35 bits per heavy atom. The molecule has 0 aliphatic rings. The number of carbonyl (C=O) groups excluding carboxylic acids is 1. The van der Waals surface area contributed by atoms with E-state index in [2.05, 4.69) is 22.1 Å². The van der Waals surface area contributed by atoms with E-state index in [1.54, 1.807) is 18.4 Å². The van der Waals surface area contributed by atoms with Gasteiger partial charge in [0.2, 0.25) is 11.7 Å². The molecule has 1 aromatic carbocycles. The molecule has 26 heavy (non-hydrogen) atoms. The minimum absolute atomic E-state index is 0.0867. The zero-order valence-corrected chi connectivity index (χ0v) is 15.5. The molecule has 0 bridgehead atoms. The highest BCUT2D eigenvalue weighted by molar-refractivity contribution is 7.99. The minimum Gasteiger partial charge on any atom is -0.461 e. The van der Waals surface area contributed by atoms with Gasteiger partial charge in [0.1, 0.15) is 0 Å². The molecule has 0 unspecified atom stereocenters. The highest BCUT2D eigenvalue weighted by Gasteiger charge is 2.16. The molecule has 6 nitrogen and oxygen atoms in total. The molecule has 2 aromatic heterocycles. The fourth-order valence-electron chi connectivity index (χ4n) is 2.46. The fraction of sp³-hybridized carbons (Fsp3) is 0.211. The molecule has 0 saturated heterocycles. The smallest absolute Gasteiger partial charge is 0.234 e. The van der Waals surface area contributed by atoms with Gasteiger partial charge in [-0.15, -0.1) is 16.8 Å². The van der Waals surface area contributed by atoms with Crippen molar-refractivity contribution in [3.05, 3.63) is 60.4 Å². The summed E-state index contributed by atoms with van der Waals surface area (Å²) >= 11 is 1.33. The van der Waals surface area contributed by atoms with Gasteiger partial charge in [-0.3, -0.25) is 9.36 Å². The summed E-state index contributed by atoms with van der Waals surface area (Å²) in [5, 5.41) is 12.0. The number of furan rings is 1. The van der Waals surface area contributed by atoms with Gasteiger partial charge < -0.3 is 9.73 Å². The van der Waals surface area contributed by atoms with E-state index in [1.165, 1.54) is 11.8 Å². The van der Waals surface area contributed by atoms with Crippen LogP contribution in [0.2, 0.25) is 0 Å². The largest absolute Gasteiger partial charge is 0.461 e. The van der Waals surface area contributed by atoms with Crippen molar-refractivity contribution in [2.24, 2.45) is 0 Å². The molecule has 0 aliphatic carbocycles. The van der Waals surface area contributed by atoms with Crippen molar-refractivity contribution in [3.8, 4) is 11.6 Å². The topological polar surface area (TPSA) is 73.0 Å². The van der Waals surface area contributed by atoms with Crippen LogP contribution in [0.4, 0.5) is 5.69 Å². The lowest BCUT2D eigenvalue weighted by Gasteiger charge is -2.09. The van der Waals surface area contributed by atoms with E-state index in [9.17, 15) is 4.79 Å². The highest BCUT2D eigenvalue weighted by atomic mass is 32.2. The van der Waals surface area contributed by atoms with Crippen molar-refractivity contribution in [1.82, 2.24) is 14.8 Å². The zero-order valence-electron chi connectivity index (χ0n) is 14.7. The van der Waals surface area contributed by atoms with Crippen molar-refractivity contribution in [1.29, 1.82) is 0 Å². The van der Waals surface area contributed by atoms with Crippen LogP contribution in [0.5, 0.6) is 0 Å². The summed E-state index contributed by atoms with van der Waals surface area (Å²) < 4.78 is 7.28. The molecule has 7 heteroatoms. The summed E-state index contributed by atoms with van der Waals surface area (Å²) in [6, 6.07) is 9.60. The van der Waals surface area contributed by atoms with Gasteiger partial charge >= 0.3 is 0 Å². The van der Waals surface area contributed by atoms with Gasteiger partial charge in [-0.05, 0) is 43.2 Å². The van der Waals surface area contributed by atoms with Crippen molar-refractivity contribution >= 4 is 23.4 Å². The number of aromatic nitrogens is 3. The summed E-state index contributed by atoms with van der Waals surface area (Å²) in [7, 11) is 0. The third-order valence-corrected chi connectivity index (χ3v) is 4.74. The number of thioether (sulfide) groups is 1. The Kier molecular flexibility index (Phi) is 5.58. The number of aryl methyl sites for hydroxylation is 2. The number of rotatable bonds is 7. The Hall–Kier alpha value is -2.80. The first-order chi connectivity index (χ1) is 12.6. The molecule has 3 aromatic rings. The number of hydrogen-bond donors (Lipinski definition) is 1. The normalized spacial score (nSPS) is 10.7. The van der Waals surface area contributed by atoms with Gasteiger partial charge in [0.15, 0.2) is 10.9 Å². The van der Waals surface area contributed by atoms with E-state index in [4.69, 9.17) is 4.42 Å². The second-order valence-electron chi connectivity index (χ2n) is 5.84. The van der Waals surface area contributed by atoms with Crippen LogP contribution in [0.1, 0.15) is 11.1 Å². The Balaban J connectivity index is 1.70. The minimum atomic E-state index is -0.0867. The number of nitrogens with zero attached hydrogens (tertiary/aromatic N) is 3. The predicted molar refractivity (Wildman–Crippen MR) is 103 cm³/mol. The molecule has 0 atom stereocenters. The number of hydrogen-bond acceptors (Lipinski definition) is 5. The monoisotopic (exact) mass is 368 g/mol. The van der Waals surface area contributed by atoms with Crippen LogP contribution >= 0.6 is 11.8 Å².